The van der Waals surface area contributed by atoms with Crippen LogP contribution in [0.3, 0.4) is 0 Å². The van der Waals surface area contributed by atoms with Crippen molar-refractivity contribution in [1.29, 1.82) is 0 Å². The summed E-state index contributed by atoms with van der Waals surface area (Å²) in [6.07, 6.45) is 0. The van der Waals surface area contributed by atoms with E-state index in [1.807, 2.05) is 31.2 Å². The molecule has 0 amide bonds. The zero-order valence-electron chi connectivity index (χ0n) is 20.9. The predicted octanol–water partition coefficient (Wildman–Crippen LogP) is 2.79. The van der Waals surface area contributed by atoms with Crippen molar-refractivity contribution in [3.05, 3.63) is 124 Å². The molecule has 4 aromatic carbocycles. The fraction of sp³-hybridized carbons (Fsp3) is 0.167. The number of benzene rings is 4. The molecule has 0 radical (unpaired) electrons. The molecule has 4 aromatic rings. The standard InChI is InChI=1S/C30H25FO5.K/c1-19-17-21(3-13-27(19)31)29(33)22-4-14-28(20(2)18-22)36-26-11-7-24(8-12-26)30(34-15-16-35-30)23-5-9-25(32)10-6-23;/h3-14,17-18,32H,15-16H2,1-2H3;/q;+1/p-1. The molecule has 1 saturated heterocycles. The molecule has 1 aliphatic rings. The van der Waals surface area contributed by atoms with Crippen LogP contribution in [0.1, 0.15) is 38.2 Å². The zero-order chi connectivity index (χ0) is 25.3. The number of aryl methyl sites for hydroxylation is 2. The minimum Gasteiger partial charge on any atom is -0.872 e. The molecule has 0 aromatic heterocycles. The fourth-order valence-electron chi connectivity index (χ4n) is 4.31. The zero-order valence-corrected chi connectivity index (χ0v) is 24.0. The molecule has 1 fully saturated rings. The van der Waals surface area contributed by atoms with Crippen LogP contribution >= 0.6 is 0 Å². The summed E-state index contributed by atoms with van der Waals surface area (Å²) in [5.41, 5.74) is 3.70. The van der Waals surface area contributed by atoms with Crippen molar-refractivity contribution in [3.63, 3.8) is 0 Å². The van der Waals surface area contributed by atoms with Crippen LogP contribution in [-0.2, 0) is 15.3 Å². The molecule has 0 unspecified atom stereocenters. The SMILES string of the molecule is Cc1cc(C(=O)c2ccc(Oc3ccc(C4(c5ccc([O-])cc5)OCCO4)cc3)c(C)c2)ccc1F.[K+]. The van der Waals surface area contributed by atoms with Gasteiger partial charge >= 0.3 is 51.4 Å². The largest absolute Gasteiger partial charge is 1.00 e. The van der Waals surface area contributed by atoms with Gasteiger partial charge in [-0.3, -0.25) is 4.79 Å². The molecule has 0 saturated carbocycles. The Bertz CT molecular complexity index is 1410. The molecule has 5 nitrogen and oxygen atoms in total. The quantitative estimate of drug-likeness (QED) is 0.288. The molecule has 37 heavy (non-hydrogen) atoms. The van der Waals surface area contributed by atoms with Gasteiger partial charge in [-0.15, -0.1) is 5.75 Å². The van der Waals surface area contributed by atoms with Gasteiger partial charge in [0.05, 0.1) is 13.2 Å². The Labute approximate surface area is 257 Å². The van der Waals surface area contributed by atoms with Gasteiger partial charge in [0, 0.05) is 22.3 Å². The summed E-state index contributed by atoms with van der Waals surface area (Å²) < 4.78 is 31.6. The maximum Gasteiger partial charge on any atom is 1.00 e. The summed E-state index contributed by atoms with van der Waals surface area (Å²) in [6, 6.07) is 23.4. The Morgan fingerprint density at radius 2 is 1.35 bits per heavy atom. The van der Waals surface area contributed by atoms with E-state index in [0.29, 0.717) is 41.4 Å². The van der Waals surface area contributed by atoms with Crippen molar-refractivity contribution in [1.82, 2.24) is 0 Å². The molecular weight excluding hydrogens is 498 g/mol. The van der Waals surface area contributed by atoms with Crippen molar-refractivity contribution in [2.75, 3.05) is 13.2 Å². The van der Waals surface area contributed by atoms with E-state index in [1.54, 1.807) is 43.3 Å². The molecule has 1 aliphatic heterocycles. The first-order valence-electron chi connectivity index (χ1n) is 11.6. The Hall–Kier alpha value is -2.36. The van der Waals surface area contributed by atoms with Crippen LogP contribution in [0.15, 0.2) is 84.9 Å². The van der Waals surface area contributed by atoms with Gasteiger partial charge in [0.2, 0.25) is 5.79 Å². The fourth-order valence-corrected chi connectivity index (χ4v) is 4.31. The summed E-state index contributed by atoms with van der Waals surface area (Å²) in [5.74, 6) is -0.435. The number of rotatable bonds is 6. The van der Waals surface area contributed by atoms with E-state index in [2.05, 4.69) is 0 Å². The molecule has 0 aliphatic carbocycles. The van der Waals surface area contributed by atoms with Crippen LogP contribution in [0.5, 0.6) is 17.2 Å². The second-order valence-electron chi connectivity index (χ2n) is 8.74. The molecular formula is C30H24FKO5. The number of carbonyl (C=O) groups is 1. The third-order valence-corrected chi connectivity index (χ3v) is 6.25. The van der Waals surface area contributed by atoms with Crippen LogP contribution in [0.2, 0.25) is 0 Å². The maximum absolute atomic E-state index is 13.6. The second kappa shape index (κ2) is 11.6. The van der Waals surface area contributed by atoms with Gasteiger partial charge in [0.15, 0.2) is 5.78 Å². The molecule has 182 valence electrons. The summed E-state index contributed by atoms with van der Waals surface area (Å²) in [5, 5.41) is 11.5. The van der Waals surface area contributed by atoms with Gasteiger partial charge in [-0.05, 0) is 85.6 Å². The molecule has 5 rings (SSSR count). The van der Waals surface area contributed by atoms with Crippen molar-refractivity contribution >= 4 is 5.78 Å². The number of ether oxygens (including phenoxy) is 3. The van der Waals surface area contributed by atoms with Gasteiger partial charge in [-0.25, -0.2) is 4.39 Å². The van der Waals surface area contributed by atoms with Gasteiger partial charge < -0.3 is 19.3 Å². The maximum atomic E-state index is 13.6. The van der Waals surface area contributed by atoms with Crippen molar-refractivity contribution < 1.29 is 79.9 Å². The topological polar surface area (TPSA) is 67.8 Å². The average Bonchev–Trinajstić information content (AvgIpc) is 3.38. The van der Waals surface area contributed by atoms with Gasteiger partial charge in [0.25, 0.3) is 0 Å². The van der Waals surface area contributed by atoms with Crippen LogP contribution in [0.4, 0.5) is 4.39 Å². The van der Waals surface area contributed by atoms with Crippen LogP contribution in [0.25, 0.3) is 0 Å². The van der Waals surface area contributed by atoms with E-state index in [0.717, 1.165) is 16.7 Å². The predicted molar refractivity (Wildman–Crippen MR) is 131 cm³/mol. The van der Waals surface area contributed by atoms with Crippen molar-refractivity contribution in [2.45, 2.75) is 19.6 Å². The van der Waals surface area contributed by atoms with E-state index >= 15 is 0 Å². The van der Waals surface area contributed by atoms with Gasteiger partial charge in [-0.1, -0.05) is 24.3 Å². The van der Waals surface area contributed by atoms with E-state index in [9.17, 15) is 14.3 Å². The van der Waals surface area contributed by atoms with Crippen LogP contribution in [-0.4, -0.2) is 19.0 Å². The number of halogens is 1. The average molecular weight is 523 g/mol. The first-order valence-corrected chi connectivity index (χ1v) is 11.6. The van der Waals surface area contributed by atoms with Gasteiger partial charge in [0.1, 0.15) is 17.3 Å². The van der Waals surface area contributed by atoms with Gasteiger partial charge in [-0.2, -0.15) is 0 Å². The van der Waals surface area contributed by atoms with E-state index in [-0.39, 0.29) is 68.7 Å². The van der Waals surface area contributed by atoms with Crippen molar-refractivity contribution in [2.24, 2.45) is 0 Å². The molecule has 7 heteroatoms. The summed E-state index contributed by atoms with van der Waals surface area (Å²) in [4.78, 5) is 12.9. The number of ketones is 1. The van der Waals surface area contributed by atoms with Crippen LogP contribution in [0, 0.1) is 19.7 Å². The van der Waals surface area contributed by atoms with E-state index in [1.165, 1.54) is 24.3 Å². The summed E-state index contributed by atoms with van der Waals surface area (Å²) in [6.45, 7) is 4.39. The molecule has 1 heterocycles. The third-order valence-electron chi connectivity index (χ3n) is 6.25. The molecule has 0 atom stereocenters. The minimum atomic E-state index is -1.07. The van der Waals surface area contributed by atoms with Crippen LogP contribution < -0.4 is 61.2 Å². The number of hydrogen-bond acceptors (Lipinski definition) is 5. The first-order chi connectivity index (χ1) is 17.4. The van der Waals surface area contributed by atoms with E-state index in [4.69, 9.17) is 14.2 Å². The molecule has 0 bridgehead atoms. The van der Waals surface area contributed by atoms with Crippen molar-refractivity contribution in [3.8, 4) is 17.2 Å². The normalized spacial score (nSPS) is 14.1. The monoisotopic (exact) mass is 522 g/mol. The third kappa shape index (κ3) is 5.73. The molecule has 0 spiro atoms. The minimum absolute atomic E-state index is 0. The van der Waals surface area contributed by atoms with E-state index < -0.39 is 5.79 Å². The number of hydrogen-bond donors (Lipinski definition) is 0. The smallest absolute Gasteiger partial charge is 0.872 e. The Morgan fingerprint density at radius 1 is 0.811 bits per heavy atom. The Balaban J connectivity index is 0.00000320. The first kappa shape index (κ1) is 27.7. The summed E-state index contributed by atoms with van der Waals surface area (Å²) >= 11 is 0. The molecule has 0 N–H and O–H groups in total. The second-order valence-corrected chi connectivity index (χ2v) is 8.74. The number of carbonyl (C=O) groups excluding carboxylic acids is 1. The Kier molecular flexibility index (Phi) is 8.65. The summed E-state index contributed by atoms with van der Waals surface area (Å²) in [7, 11) is 0. The Morgan fingerprint density at radius 3 is 1.92 bits per heavy atom.